The zero-order chi connectivity index (χ0) is 20.7. The lowest BCUT2D eigenvalue weighted by molar-refractivity contribution is -0.141. The topological polar surface area (TPSA) is 44.8 Å². The number of carbonyl (C=O) groups is 1. The molecule has 0 bridgehead atoms. The van der Waals surface area contributed by atoms with E-state index in [1.54, 1.807) is 14.2 Å². The number of carbonyl (C=O) groups excluding carboxylic acids is 1. The predicted molar refractivity (Wildman–Crippen MR) is 113 cm³/mol. The van der Waals surface area contributed by atoms with E-state index < -0.39 is 0 Å². The number of methoxy groups -OCH3 is 2. The van der Waals surface area contributed by atoms with Gasteiger partial charge in [0, 0.05) is 18.9 Å². The lowest BCUT2D eigenvalue weighted by Crippen LogP contribution is -2.05. The summed E-state index contributed by atoms with van der Waals surface area (Å²) in [6.45, 7) is 8.19. The molecular weight excluding hydrogens is 352 g/mol. The van der Waals surface area contributed by atoms with Crippen LogP contribution in [0.5, 0.6) is 11.5 Å². The van der Waals surface area contributed by atoms with Crippen molar-refractivity contribution in [1.82, 2.24) is 0 Å². The van der Waals surface area contributed by atoms with Crippen LogP contribution in [0.25, 0.3) is 0 Å². The lowest BCUT2D eigenvalue weighted by Gasteiger charge is -2.20. The molecule has 2 rings (SSSR count). The van der Waals surface area contributed by atoms with E-state index in [1.165, 1.54) is 23.6 Å². The minimum absolute atomic E-state index is 0.213. The van der Waals surface area contributed by atoms with Gasteiger partial charge in [-0.1, -0.05) is 24.3 Å². The summed E-state index contributed by atoms with van der Waals surface area (Å²) in [4.78, 5) is 10.8. The van der Waals surface area contributed by atoms with Gasteiger partial charge in [-0.2, -0.15) is 0 Å². The first-order valence-electron chi connectivity index (χ1n) is 9.80. The summed E-state index contributed by atoms with van der Waals surface area (Å²) in [5.74, 6) is 1.67. The number of aryl methyl sites for hydroxylation is 1. The second kappa shape index (κ2) is 10.2. The number of hydrogen-bond donors (Lipinski definition) is 0. The average Bonchev–Trinajstić information content (AvgIpc) is 2.67. The highest BCUT2D eigenvalue weighted by Gasteiger charge is 2.19. The maximum absolute atomic E-state index is 10.8. The number of ether oxygens (including phenoxy) is 3. The Bertz CT molecular complexity index is 824. The van der Waals surface area contributed by atoms with Crippen LogP contribution in [-0.4, -0.2) is 26.8 Å². The van der Waals surface area contributed by atoms with Crippen molar-refractivity contribution in [2.45, 2.75) is 53.4 Å². The first-order valence-corrected chi connectivity index (χ1v) is 9.80. The Hall–Kier alpha value is -2.49. The molecule has 28 heavy (non-hydrogen) atoms. The molecule has 0 heterocycles. The van der Waals surface area contributed by atoms with Gasteiger partial charge in [-0.15, -0.1) is 0 Å². The highest BCUT2D eigenvalue weighted by atomic mass is 16.5. The van der Waals surface area contributed by atoms with Crippen LogP contribution in [0.15, 0.2) is 24.3 Å². The maximum atomic E-state index is 10.8. The fourth-order valence-electron chi connectivity index (χ4n) is 3.70. The summed E-state index contributed by atoms with van der Waals surface area (Å²) >= 11 is 0. The first-order chi connectivity index (χ1) is 13.4. The van der Waals surface area contributed by atoms with E-state index in [2.05, 4.69) is 45.0 Å². The van der Waals surface area contributed by atoms with E-state index in [-0.39, 0.29) is 5.97 Å². The smallest absolute Gasteiger partial charge is 0.302 e. The standard InChI is InChI=1S/C24H32O4/c1-16-17(2)24(27-6)22(18(3)23(16)26-5)15-21-12-9-11-20(14-21)10-7-8-13-28-19(4)25/h9,11-12,14H,7-8,10,13,15H2,1-6H3. The Morgan fingerprint density at radius 2 is 1.54 bits per heavy atom. The molecule has 0 aromatic heterocycles. The van der Waals surface area contributed by atoms with Crippen LogP contribution in [0.2, 0.25) is 0 Å². The van der Waals surface area contributed by atoms with Crippen LogP contribution in [0.3, 0.4) is 0 Å². The van der Waals surface area contributed by atoms with Crippen molar-refractivity contribution in [3.63, 3.8) is 0 Å². The van der Waals surface area contributed by atoms with Crippen molar-refractivity contribution < 1.29 is 19.0 Å². The molecule has 0 aliphatic rings. The number of unbranched alkanes of at least 4 members (excludes halogenated alkanes) is 1. The molecule has 152 valence electrons. The predicted octanol–water partition coefficient (Wildman–Crippen LogP) is 5.11. The zero-order valence-electron chi connectivity index (χ0n) is 18.0. The summed E-state index contributed by atoms with van der Waals surface area (Å²) in [6.07, 6.45) is 3.65. The molecule has 4 heteroatoms. The molecule has 0 amide bonds. The molecule has 2 aromatic carbocycles. The third kappa shape index (κ3) is 5.28. The van der Waals surface area contributed by atoms with Crippen molar-refractivity contribution in [2.75, 3.05) is 20.8 Å². The van der Waals surface area contributed by atoms with Crippen LogP contribution < -0.4 is 9.47 Å². The van der Waals surface area contributed by atoms with Crippen LogP contribution >= 0.6 is 0 Å². The zero-order valence-corrected chi connectivity index (χ0v) is 18.0. The fraction of sp³-hybridized carbons (Fsp3) is 0.458. The first kappa shape index (κ1) is 21.8. The minimum atomic E-state index is -0.213. The molecule has 0 radical (unpaired) electrons. The van der Waals surface area contributed by atoms with Crippen molar-refractivity contribution in [2.24, 2.45) is 0 Å². The van der Waals surface area contributed by atoms with Crippen molar-refractivity contribution >= 4 is 5.97 Å². The van der Waals surface area contributed by atoms with E-state index in [1.807, 2.05) is 0 Å². The average molecular weight is 385 g/mol. The molecule has 0 atom stereocenters. The third-order valence-electron chi connectivity index (χ3n) is 5.26. The molecule has 0 spiro atoms. The van der Waals surface area contributed by atoms with Gasteiger partial charge < -0.3 is 14.2 Å². The molecule has 0 saturated heterocycles. The third-order valence-corrected chi connectivity index (χ3v) is 5.26. The second-order valence-corrected chi connectivity index (χ2v) is 7.21. The van der Waals surface area contributed by atoms with E-state index >= 15 is 0 Å². The quantitative estimate of drug-likeness (QED) is 0.445. The van der Waals surface area contributed by atoms with Gasteiger partial charge in [0.1, 0.15) is 11.5 Å². The normalized spacial score (nSPS) is 10.6. The highest BCUT2D eigenvalue weighted by Crippen LogP contribution is 2.38. The Labute approximate surface area is 168 Å². The Kier molecular flexibility index (Phi) is 7.91. The number of rotatable bonds is 9. The van der Waals surface area contributed by atoms with Crippen molar-refractivity contribution in [3.05, 3.63) is 57.6 Å². The Balaban J connectivity index is 2.18. The molecule has 2 aromatic rings. The number of esters is 1. The summed E-state index contributed by atoms with van der Waals surface area (Å²) < 4.78 is 16.4. The molecule has 0 saturated carbocycles. The molecule has 0 unspecified atom stereocenters. The Morgan fingerprint density at radius 1 is 0.893 bits per heavy atom. The van der Waals surface area contributed by atoms with Gasteiger partial charge in [0.15, 0.2) is 0 Å². The highest BCUT2D eigenvalue weighted by molar-refractivity contribution is 5.65. The second-order valence-electron chi connectivity index (χ2n) is 7.21. The van der Waals surface area contributed by atoms with Gasteiger partial charge in [-0.25, -0.2) is 0 Å². The van der Waals surface area contributed by atoms with Gasteiger partial charge in [0.05, 0.1) is 20.8 Å². The van der Waals surface area contributed by atoms with Gasteiger partial charge in [-0.3, -0.25) is 4.79 Å². The molecule has 0 N–H and O–H groups in total. The lowest BCUT2D eigenvalue weighted by atomic mass is 9.92. The molecule has 0 fully saturated rings. The van der Waals surface area contributed by atoms with Gasteiger partial charge in [0.2, 0.25) is 0 Å². The summed E-state index contributed by atoms with van der Waals surface area (Å²) in [6, 6.07) is 8.67. The fourth-order valence-corrected chi connectivity index (χ4v) is 3.70. The molecule has 4 nitrogen and oxygen atoms in total. The maximum Gasteiger partial charge on any atom is 0.302 e. The summed E-state index contributed by atoms with van der Waals surface area (Å²) in [5, 5.41) is 0. The van der Waals surface area contributed by atoms with Crippen molar-refractivity contribution in [3.8, 4) is 11.5 Å². The van der Waals surface area contributed by atoms with Crippen LogP contribution in [0.4, 0.5) is 0 Å². The number of benzene rings is 2. The Morgan fingerprint density at radius 3 is 2.18 bits per heavy atom. The van der Waals surface area contributed by atoms with Crippen LogP contribution in [0, 0.1) is 20.8 Å². The van der Waals surface area contributed by atoms with Crippen LogP contribution in [0.1, 0.15) is 53.1 Å². The van der Waals surface area contributed by atoms with E-state index in [0.717, 1.165) is 53.9 Å². The number of hydrogen-bond acceptors (Lipinski definition) is 4. The summed E-state index contributed by atoms with van der Waals surface area (Å²) in [7, 11) is 3.46. The van der Waals surface area contributed by atoms with E-state index in [4.69, 9.17) is 14.2 Å². The summed E-state index contributed by atoms with van der Waals surface area (Å²) in [5.41, 5.74) is 7.12. The van der Waals surface area contributed by atoms with Crippen molar-refractivity contribution in [1.29, 1.82) is 0 Å². The molecular formula is C24H32O4. The monoisotopic (exact) mass is 384 g/mol. The van der Waals surface area contributed by atoms with Crippen LogP contribution in [-0.2, 0) is 22.4 Å². The molecule has 0 aliphatic heterocycles. The van der Waals surface area contributed by atoms with Gasteiger partial charge in [0.25, 0.3) is 0 Å². The largest absolute Gasteiger partial charge is 0.496 e. The molecule has 0 aliphatic carbocycles. The van der Waals surface area contributed by atoms with E-state index in [9.17, 15) is 4.79 Å². The minimum Gasteiger partial charge on any atom is -0.496 e. The van der Waals surface area contributed by atoms with E-state index in [0.29, 0.717) is 6.61 Å². The SMILES string of the molecule is COc1c(C)c(C)c(OC)c(Cc2cccc(CCCCOC(C)=O)c2)c1C. The van der Waals surface area contributed by atoms with Gasteiger partial charge >= 0.3 is 5.97 Å². The van der Waals surface area contributed by atoms with Gasteiger partial charge in [-0.05, 0) is 67.9 Å².